The van der Waals surface area contributed by atoms with E-state index in [1.54, 1.807) is 0 Å². The van der Waals surface area contributed by atoms with Crippen LogP contribution in [0.4, 0.5) is 15.2 Å². The molecule has 0 saturated heterocycles. The van der Waals surface area contributed by atoms with E-state index in [0.29, 0.717) is 10.8 Å². The zero-order valence-corrected chi connectivity index (χ0v) is 14.8. The quantitative estimate of drug-likeness (QED) is 0.784. The van der Waals surface area contributed by atoms with Crippen LogP contribution in [0.2, 0.25) is 0 Å². The molecule has 2 N–H and O–H groups in total. The number of nitrogens with zero attached hydrogens (tertiary/aromatic N) is 2. The first-order chi connectivity index (χ1) is 11.4. The molecule has 0 aliphatic carbocycles. The number of amides is 2. The summed E-state index contributed by atoms with van der Waals surface area (Å²) in [5, 5.41) is 14.5. The Kier molecular flexibility index (Phi) is 6.68. The summed E-state index contributed by atoms with van der Waals surface area (Å²) in [5.41, 5.74) is 0.515. The summed E-state index contributed by atoms with van der Waals surface area (Å²) in [6, 6.07) is 5.49. The van der Waals surface area contributed by atoms with E-state index in [2.05, 4.69) is 20.8 Å². The highest BCUT2D eigenvalue weighted by Crippen LogP contribution is 2.22. The Morgan fingerprint density at radius 1 is 1.12 bits per heavy atom. The van der Waals surface area contributed by atoms with E-state index in [4.69, 9.17) is 0 Å². The molecule has 0 aliphatic rings. The van der Waals surface area contributed by atoms with Crippen LogP contribution in [0, 0.1) is 5.82 Å². The highest BCUT2D eigenvalue weighted by Gasteiger charge is 2.11. The topological polar surface area (TPSA) is 84.0 Å². The van der Waals surface area contributed by atoms with Gasteiger partial charge in [-0.25, -0.2) is 4.39 Å². The lowest BCUT2D eigenvalue weighted by atomic mass is 10.2. The van der Waals surface area contributed by atoms with Gasteiger partial charge in [0.25, 0.3) is 0 Å². The number of rotatable bonds is 7. The molecule has 128 valence electrons. The van der Waals surface area contributed by atoms with Gasteiger partial charge in [-0.15, -0.1) is 22.0 Å². The fourth-order valence-corrected chi connectivity index (χ4v) is 3.02. The lowest BCUT2D eigenvalue weighted by molar-refractivity contribution is -0.114. The smallest absolute Gasteiger partial charge is 0.236 e. The van der Waals surface area contributed by atoms with Gasteiger partial charge in [0.15, 0.2) is 0 Å². The molecule has 0 saturated carbocycles. The first kappa shape index (κ1) is 18.3. The molecule has 1 heterocycles. The van der Waals surface area contributed by atoms with Crippen molar-refractivity contribution < 1.29 is 14.0 Å². The average molecular weight is 368 g/mol. The number of thioether (sulfide) groups is 1. The molecule has 0 atom stereocenters. The van der Waals surface area contributed by atoms with Gasteiger partial charge in [-0.3, -0.25) is 14.9 Å². The van der Waals surface area contributed by atoms with Crippen LogP contribution < -0.4 is 10.6 Å². The molecule has 0 aliphatic heterocycles. The maximum absolute atomic E-state index is 12.8. The van der Waals surface area contributed by atoms with Gasteiger partial charge in [0.2, 0.25) is 16.9 Å². The Bertz CT molecular complexity index is 704. The van der Waals surface area contributed by atoms with E-state index in [-0.39, 0.29) is 35.1 Å². The van der Waals surface area contributed by atoms with Crippen molar-refractivity contribution in [1.82, 2.24) is 10.2 Å². The summed E-state index contributed by atoms with van der Waals surface area (Å²) in [7, 11) is 0. The molecule has 2 amide bonds. The number of aromatic nitrogens is 2. The van der Waals surface area contributed by atoms with E-state index >= 15 is 0 Å². The summed E-state index contributed by atoms with van der Waals surface area (Å²) in [6.45, 7) is 4.00. The fraction of sp³-hybridized carbons (Fsp3) is 0.333. The van der Waals surface area contributed by atoms with E-state index in [1.807, 2.05) is 13.8 Å². The molecular formula is C15H17FN4O2S2. The minimum absolute atomic E-state index is 0.123. The predicted molar refractivity (Wildman–Crippen MR) is 95.0 cm³/mol. The number of benzene rings is 1. The van der Waals surface area contributed by atoms with E-state index in [0.717, 1.165) is 5.01 Å². The maximum Gasteiger partial charge on any atom is 0.236 e. The molecule has 0 unspecified atom stereocenters. The van der Waals surface area contributed by atoms with Crippen LogP contribution in [-0.4, -0.2) is 33.5 Å². The van der Waals surface area contributed by atoms with Gasteiger partial charge in [0, 0.05) is 11.6 Å². The van der Waals surface area contributed by atoms with Crippen molar-refractivity contribution in [3.05, 3.63) is 35.1 Å². The molecular weight excluding hydrogens is 351 g/mol. The molecule has 2 aromatic rings. The molecule has 0 spiro atoms. The molecule has 24 heavy (non-hydrogen) atoms. The van der Waals surface area contributed by atoms with Crippen molar-refractivity contribution in [2.24, 2.45) is 0 Å². The van der Waals surface area contributed by atoms with Crippen molar-refractivity contribution in [3.63, 3.8) is 0 Å². The number of carbonyl (C=O) groups is 2. The Morgan fingerprint density at radius 3 is 2.33 bits per heavy atom. The van der Waals surface area contributed by atoms with Crippen LogP contribution in [0.5, 0.6) is 0 Å². The molecule has 1 aromatic heterocycles. The number of nitrogens with one attached hydrogen (secondary N) is 2. The highest BCUT2D eigenvalue weighted by atomic mass is 32.2. The lowest BCUT2D eigenvalue weighted by Crippen LogP contribution is -2.18. The van der Waals surface area contributed by atoms with Crippen LogP contribution in [0.15, 0.2) is 24.3 Å². The largest absolute Gasteiger partial charge is 0.325 e. The number of hydrogen-bond donors (Lipinski definition) is 2. The summed E-state index contributed by atoms with van der Waals surface area (Å²) in [6.07, 6.45) is 0. The van der Waals surface area contributed by atoms with Crippen molar-refractivity contribution in [3.8, 4) is 0 Å². The zero-order valence-electron chi connectivity index (χ0n) is 13.2. The van der Waals surface area contributed by atoms with E-state index < -0.39 is 0 Å². The maximum atomic E-state index is 12.8. The lowest BCUT2D eigenvalue weighted by Gasteiger charge is -2.05. The molecule has 0 fully saturated rings. The SMILES string of the molecule is CC(C)c1nnc(NC(=O)CSCC(=O)Nc2ccc(F)cc2)s1. The first-order valence-electron chi connectivity index (χ1n) is 7.20. The third-order valence-corrected chi connectivity index (χ3v) is 4.85. The third-order valence-electron chi connectivity index (χ3n) is 2.78. The van der Waals surface area contributed by atoms with Crippen LogP contribution in [0.3, 0.4) is 0 Å². The average Bonchev–Trinajstić information content (AvgIpc) is 2.98. The van der Waals surface area contributed by atoms with Gasteiger partial charge in [-0.2, -0.15) is 0 Å². The summed E-state index contributed by atoms with van der Waals surface area (Å²) in [5.74, 6) is -0.335. The minimum Gasteiger partial charge on any atom is -0.325 e. The summed E-state index contributed by atoms with van der Waals surface area (Å²) < 4.78 is 12.8. The van der Waals surface area contributed by atoms with Crippen molar-refractivity contribution in [1.29, 1.82) is 0 Å². The van der Waals surface area contributed by atoms with E-state index in [9.17, 15) is 14.0 Å². The Morgan fingerprint density at radius 2 is 1.75 bits per heavy atom. The van der Waals surface area contributed by atoms with Crippen LogP contribution in [0.1, 0.15) is 24.8 Å². The fourth-order valence-electron chi connectivity index (χ4n) is 1.64. The minimum atomic E-state index is -0.364. The van der Waals surface area contributed by atoms with Crippen molar-refractivity contribution in [2.45, 2.75) is 19.8 Å². The number of anilines is 2. The van der Waals surface area contributed by atoms with Gasteiger partial charge in [-0.05, 0) is 24.3 Å². The van der Waals surface area contributed by atoms with Crippen LogP contribution in [0.25, 0.3) is 0 Å². The molecule has 0 radical (unpaired) electrons. The highest BCUT2D eigenvalue weighted by molar-refractivity contribution is 8.00. The Labute approximate surface area is 147 Å². The standard InChI is InChI=1S/C15H17FN4O2S2/c1-9(2)14-19-20-15(24-14)18-13(22)8-23-7-12(21)17-11-5-3-10(16)4-6-11/h3-6,9H,7-8H2,1-2H3,(H,17,21)(H,18,20,22). The number of hydrogen-bond acceptors (Lipinski definition) is 6. The molecule has 6 nitrogen and oxygen atoms in total. The van der Waals surface area contributed by atoms with Crippen molar-refractivity contribution in [2.75, 3.05) is 22.1 Å². The van der Waals surface area contributed by atoms with Gasteiger partial charge in [-0.1, -0.05) is 25.2 Å². The van der Waals surface area contributed by atoms with Crippen LogP contribution in [-0.2, 0) is 9.59 Å². The van der Waals surface area contributed by atoms with Gasteiger partial charge in [0.1, 0.15) is 10.8 Å². The Balaban J connectivity index is 1.69. The Hall–Kier alpha value is -2.00. The normalized spacial score (nSPS) is 10.7. The number of carbonyl (C=O) groups excluding carboxylic acids is 2. The number of halogens is 1. The van der Waals surface area contributed by atoms with Gasteiger partial charge in [0.05, 0.1) is 11.5 Å². The molecule has 9 heteroatoms. The second-order valence-corrected chi connectivity index (χ2v) is 7.19. The third kappa shape index (κ3) is 5.89. The second-order valence-electron chi connectivity index (χ2n) is 5.20. The molecule has 1 aromatic carbocycles. The summed E-state index contributed by atoms with van der Waals surface area (Å²) in [4.78, 5) is 23.5. The van der Waals surface area contributed by atoms with Crippen molar-refractivity contribution >= 4 is 45.7 Å². The second kappa shape index (κ2) is 8.74. The first-order valence-corrected chi connectivity index (χ1v) is 9.17. The van der Waals surface area contributed by atoms with Gasteiger partial charge >= 0.3 is 0 Å². The van der Waals surface area contributed by atoms with Gasteiger partial charge < -0.3 is 5.32 Å². The predicted octanol–water partition coefficient (Wildman–Crippen LogP) is 3.11. The zero-order chi connectivity index (χ0) is 17.5. The molecule has 2 rings (SSSR count). The summed E-state index contributed by atoms with van der Waals surface area (Å²) >= 11 is 2.52. The monoisotopic (exact) mass is 368 g/mol. The van der Waals surface area contributed by atoms with Crippen LogP contribution >= 0.6 is 23.1 Å². The molecule has 0 bridgehead atoms. The van der Waals surface area contributed by atoms with E-state index in [1.165, 1.54) is 47.4 Å².